The van der Waals surface area contributed by atoms with Crippen LogP contribution >= 0.6 is 0 Å². The maximum atomic E-state index is 12.4. The number of aromatic nitrogens is 1. The van der Waals surface area contributed by atoms with E-state index in [9.17, 15) is 9.59 Å². The van der Waals surface area contributed by atoms with Crippen LogP contribution in [-0.4, -0.2) is 24.0 Å². The number of ether oxygens (including phenoxy) is 1. The van der Waals surface area contributed by atoms with Crippen molar-refractivity contribution in [2.45, 2.75) is 6.04 Å². The zero-order valence-corrected chi connectivity index (χ0v) is 12.4. The van der Waals surface area contributed by atoms with E-state index >= 15 is 0 Å². The van der Waals surface area contributed by atoms with Gasteiger partial charge in [-0.15, -0.1) is 0 Å². The minimum Gasteiger partial charge on any atom is -0.467 e. The van der Waals surface area contributed by atoms with Gasteiger partial charge in [-0.25, -0.2) is 4.79 Å². The van der Waals surface area contributed by atoms with Crippen LogP contribution in [-0.2, 0) is 9.53 Å². The fraction of sp³-hybridized carbons (Fsp3) is 0.118. The van der Waals surface area contributed by atoms with Crippen LogP contribution in [0.25, 0.3) is 11.0 Å². The Morgan fingerprint density at radius 2 is 2.04 bits per heavy atom. The van der Waals surface area contributed by atoms with Crippen molar-refractivity contribution in [1.29, 1.82) is 0 Å². The number of hydrogen-bond donors (Lipinski definition) is 1. The molecule has 6 heteroatoms. The molecule has 1 aromatic carbocycles. The highest BCUT2D eigenvalue weighted by atomic mass is 16.5. The summed E-state index contributed by atoms with van der Waals surface area (Å²) >= 11 is 0. The van der Waals surface area contributed by atoms with Crippen molar-refractivity contribution in [1.82, 2.24) is 10.3 Å². The molecule has 0 aliphatic rings. The third-order valence-corrected chi connectivity index (χ3v) is 3.38. The van der Waals surface area contributed by atoms with Crippen molar-refractivity contribution in [3.63, 3.8) is 0 Å². The first-order chi connectivity index (χ1) is 11.2. The van der Waals surface area contributed by atoms with Gasteiger partial charge in [0.1, 0.15) is 5.58 Å². The molecule has 0 saturated heterocycles. The molecule has 0 spiro atoms. The Morgan fingerprint density at radius 3 is 2.74 bits per heavy atom. The number of nitrogens with zero attached hydrogens (tertiary/aromatic N) is 1. The fourth-order valence-corrected chi connectivity index (χ4v) is 2.24. The van der Waals surface area contributed by atoms with Gasteiger partial charge in [-0.1, -0.05) is 24.3 Å². The molecular formula is C17H14N2O4. The van der Waals surface area contributed by atoms with Gasteiger partial charge in [-0.3, -0.25) is 9.78 Å². The molecule has 6 nitrogen and oxygen atoms in total. The summed E-state index contributed by atoms with van der Waals surface area (Å²) in [7, 11) is 1.26. The lowest BCUT2D eigenvalue weighted by molar-refractivity contribution is -0.143. The topological polar surface area (TPSA) is 81.4 Å². The zero-order valence-electron chi connectivity index (χ0n) is 12.4. The van der Waals surface area contributed by atoms with Crippen LogP contribution < -0.4 is 5.32 Å². The van der Waals surface area contributed by atoms with Crippen LogP contribution in [0, 0.1) is 0 Å². The second-order valence-corrected chi connectivity index (χ2v) is 4.86. The summed E-state index contributed by atoms with van der Waals surface area (Å²) in [5.74, 6) is -0.952. The van der Waals surface area contributed by atoms with E-state index in [-0.39, 0.29) is 5.76 Å². The minimum absolute atomic E-state index is 0.129. The highest BCUT2D eigenvalue weighted by Gasteiger charge is 2.25. The first-order valence-corrected chi connectivity index (χ1v) is 6.96. The van der Waals surface area contributed by atoms with Gasteiger partial charge in [0.25, 0.3) is 5.91 Å². The maximum Gasteiger partial charge on any atom is 0.333 e. The van der Waals surface area contributed by atoms with Crippen molar-refractivity contribution in [3.8, 4) is 0 Å². The molecule has 0 bridgehead atoms. The number of furan rings is 1. The molecule has 0 unspecified atom stereocenters. The van der Waals surface area contributed by atoms with Crippen LogP contribution in [0.3, 0.4) is 0 Å². The quantitative estimate of drug-likeness (QED) is 0.749. The summed E-state index contributed by atoms with van der Waals surface area (Å²) < 4.78 is 10.3. The van der Waals surface area contributed by atoms with Gasteiger partial charge >= 0.3 is 5.97 Å². The monoisotopic (exact) mass is 310 g/mol. The lowest BCUT2D eigenvalue weighted by atomic mass is 10.1. The van der Waals surface area contributed by atoms with Gasteiger partial charge < -0.3 is 14.5 Å². The second kappa shape index (κ2) is 6.31. The molecule has 1 atom stereocenters. The number of para-hydroxylation sites is 1. The molecule has 0 radical (unpaired) electrons. The van der Waals surface area contributed by atoms with E-state index in [4.69, 9.17) is 9.15 Å². The highest BCUT2D eigenvalue weighted by Crippen LogP contribution is 2.20. The van der Waals surface area contributed by atoms with Gasteiger partial charge in [-0.05, 0) is 18.2 Å². The van der Waals surface area contributed by atoms with Crippen molar-refractivity contribution >= 4 is 22.8 Å². The Kier molecular flexibility index (Phi) is 4.05. The Labute approximate surface area is 132 Å². The molecular weight excluding hydrogens is 296 g/mol. The number of carbonyl (C=O) groups is 2. The number of esters is 1. The van der Waals surface area contributed by atoms with E-state index in [1.54, 1.807) is 30.5 Å². The number of nitrogens with one attached hydrogen (secondary N) is 1. The van der Waals surface area contributed by atoms with Crippen molar-refractivity contribution < 1.29 is 18.7 Å². The van der Waals surface area contributed by atoms with Gasteiger partial charge in [0, 0.05) is 23.3 Å². The molecule has 0 aliphatic carbocycles. The highest BCUT2D eigenvalue weighted by molar-refractivity contribution is 5.98. The molecule has 23 heavy (non-hydrogen) atoms. The minimum atomic E-state index is -0.950. The number of methoxy groups -OCH3 is 1. The summed E-state index contributed by atoms with van der Waals surface area (Å²) in [6, 6.07) is 11.3. The number of carbonyl (C=O) groups excluding carboxylic acids is 2. The molecule has 1 amide bonds. The average molecular weight is 310 g/mol. The van der Waals surface area contributed by atoms with Gasteiger partial charge in [-0.2, -0.15) is 0 Å². The van der Waals surface area contributed by atoms with E-state index in [2.05, 4.69) is 10.3 Å². The van der Waals surface area contributed by atoms with Crippen LogP contribution in [0.5, 0.6) is 0 Å². The molecule has 3 aromatic rings. The maximum absolute atomic E-state index is 12.4. The molecule has 3 rings (SSSR count). The molecule has 116 valence electrons. The van der Waals surface area contributed by atoms with Crippen LogP contribution in [0.15, 0.2) is 59.3 Å². The molecule has 2 heterocycles. The number of pyridine rings is 1. The SMILES string of the molecule is COC(=O)[C@H](NC(=O)c1cc2ccccc2o1)c1cccnc1. The number of fused-ring (bicyclic) bond motifs is 1. The van der Waals surface area contributed by atoms with Gasteiger partial charge in [0.2, 0.25) is 0 Å². The number of benzene rings is 1. The third kappa shape index (κ3) is 3.06. The van der Waals surface area contributed by atoms with Crippen molar-refractivity contribution in [2.75, 3.05) is 7.11 Å². The zero-order chi connectivity index (χ0) is 16.2. The standard InChI is InChI=1S/C17H14N2O4/c1-22-17(21)15(12-6-4-8-18-10-12)19-16(20)14-9-11-5-2-3-7-13(11)23-14/h2-10,15H,1H3,(H,19,20)/t15-/m1/s1. The lowest BCUT2D eigenvalue weighted by Gasteiger charge is -2.15. The molecule has 1 N–H and O–H groups in total. The van der Waals surface area contributed by atoms with Gasteiger partial charge in [0.15, 0.2) is 11.8 Å². The number of amides is 1. The summed E-state index contributed by atoms with van der Waals surface area (Å²) in [5, 5.41) is 3.43. The second-order valence-electron chi connectivity index (χ2n) is 4.86. The van der Waals surface area contributed by atoms with Crippen LogP contribution in [0.1, 0.15) is 22.2 Å². The molecule has 0 aliphatic heterocycles. The predicted octanol–water partition coefficient (Wildman–Crippen LogP) is 2.47. The van der Waals surface area contributed by atoms with E-state index < -0.39 is 17.9 Å². The largest absolute Gasteiger partial charge is 0.467 e. The fourth-order valence-electron chi connectivity index (χ4n) is 2.24. The summed E-state index contributed by atoms with van der Waals surface area (Å²) in [5.41, 5.74) is 1.14. The summed E-state index contributed by atoms with van der Waals surface area (Å²) in [6.45, 7) is 0. The average Bonchev–Trinajstić information content (AvgIpc) is 3.04. The Hall–Kier alpha value is -3.15. The lowest BCUT2D eigenvalue weighted by Crippen LogP contribution is -2.34. The normalized spacial score (nSPS) is 11.9. The Morgan fingerprint density at radius 1 is 1.22 bits per heavy atom. The summed E-state index contributed by atoms with van der Waals surface area (Å²) in [6.07, 6.45) is 3.08. The number of hydrogen-bond acceptors (Lipinski definition) is 5. The van der Waals surface area contributed by atoms with Crippen molar-refractivity contribution in [3.05, 3.63) is 66.2 Å². The van der Waals surface area contributed by atoms with E-state index in [1.807, 2.05) is 18.2 Å². The third-order valence-electron chi connectivity index (χ3n) is 3.38. The Balaban J connectivity index is 1.87. The van der Waals surface area contributed by atoms with Crippen molar-refractivity contribution in [2.24, 2.45) is 0 Å². The molecule has 0 fully saturated rings. The first kappa shape index (κ1) is 14.8. The van der Waals surface area contributed by atoms with E-state index in [0.717, 1.165) is 5.39 Å². The predicted molar refractivity (Wildman–Crippen MR) is 82.7 cm³/mol. The smallest absolute Gasteiger partial charge is 0.333 e. The summed E-state index contributed by atoms with van der Waals surface area (Å²) in [4.78, 5) is 28.3. The molecule has 2 aromatic heterocycles. The van der Waals surface area contributed by atoms with E-state index in [0.29, 0.717) is 11.1 Å². The van der Waals surface area contributed by atoms with Crippen LogP contribution in [0.4, 0.5) is 0 Å². The van der Waals surface area contributed by atoms with Gasteiger partial charge in [0.05, 0.1) is 7.11 Å². The van der Waals surface area contributed by atoms with Crippen LogP contribution in [0.2, 0.25) is 0 Å². The first-order valence-electron chi connectivity index (χ1n) is 6.96. The Bertz CT molecular complexity index is 809. The number of rotatable bonds is 4. The molecule has 0 saturated carbocycles. The van der Waals surface area contributed by atoms with E-state index in [1.165, 1.54) is 13.3 Å².